The van der Waals surface area contributed by atoms with Crippen LogP contribution in [0.3, 0.4) is 0 Å². The highest BCUT2D eigenvalue weighted by Gasteiger charge is 2.26. The number of aromatic nitrogens is 4. The minimum absolute atomic E-state index is 0.426. The van der Waals surface area contributed by atoms with Crippen molar-refractivity contribution in [2.24, 2.45) is 0 Å². The van der Waals surface area contributed by atoms with Crippen molar-refractivity contribution in [1.29, 1.82) is 0 Å². The number of nitrogens with zero attached hydrogens (tertiary/aromatic N) is 4. The van der Waals surface area contributed by atoms with Gasteiger partial charge in [0.1, 0.15) is 11.6 Å². The summed E-state index contributed by atoms with van der Waals surface area (Å²) in [7, 11) is 4.35. The summed E-state index contributed by atoms with van der Waals surface area (Å²) in [5.41, 5.74) is 7.12. The van der Waals surface area contributed by atoms with Crippen molar-refractivity contribution in [2.45, 2.75) is 93.2 Å². The Morgan fingerprint density at radius 2 is 1.23 bits per heavy atom. The molecule has 6 nitrogen and oxygen atoms in total. The maximum absolute atomic E-state index is 4.84. The molecule has 2 N–H and O–H groups in total. The molecule has 44 heavy (non-hydrogen) atoms. The lowest BCUT2D eigenvalue weighted by Crippen LogP contribution is -2.18. The van der Waals surface area contributed by atoms with E-state index in [1.165, 1.54) is 59.7 Å². The molecule has 0 radical (unpaired) electrons. The maximum Gasteiger partial charge on any atom is 0.124 e. The van der Waals surface area contributed by atoms with Gasteiger partial charge in [0, 0.05) is 11.9 Å². The van der Waals surface area contributed by atoms with Crippen LogP contribution < -0.4 is 0 Å². The van der Waals surface area contributed by atoms with Crippen molar-refractivity contribution in [3.8, 4) is 11.1 Å². The first-order chi connectivity index (χ1) is 21.4. The zero-order chi connectivity index (χ0) is 32.2. The predicted octanol–water partition coefficient (Wildman–Crippen LogP) is 10.0. The summed E-state index contributed by atoms with van der Waals surface area (Å²) in [6.07, 6.45) is 6.87. The van der Waals surface area contributed by atoms with Gasteiger partial charge in [-0.15, -0.1) is 0 Å². The van der Waals surface area contributed by atoms with Crippen LogP contribution in [0.2, 0.25) is 0 Å². The van der Waals surface area contributed by atoms with Gasteiger partial charge in [0.2, 0.25) is 0 Å². The zero-order valence-corrected chi connectivity index (χ0v) is 29.0. The van der Waals surface area contributed by atoms with E-state index in [0.29, 0.717) is 12.1 Å². The Kier molecular flexibility index (Phi) is 13.6. The number of benzene rings is 3. The lowest BCUT2D eigenvalue weighted by atomic mass is 10.00. The first-order valence-corrected chi connectivity index (χ1v) is 16.9. The molecule has 2 aliphatic rings. The molecule has 2 aromatic heterocycles. The molecule has 2 atom stereocenters. The molecule has 0 spiro atoms. The van der Waals surface area contributed by atoms with E-state index in [0.717, 1.165) is 34.9 Å². The third-order valence-corrected chi connectivity index (χ3v) is 8.22. The largest absolute Gasteiger partial charge is 0.345 e. The fraction of sp³-hybridized carbons (Fsp3) is 0.474. The molecule has 2 saturated heterocycles. The van der Waals surface area contributed by atoms with Gasteiger partial charge in [-0.1, -0.05) is 83.5 Å². The molecule has 2 aliphatic heterocycles. The molecule has 2 unspecified atom stereocenters. The van der Waals surface area contributed by atoms with Gasteiger partial charge in [-0.2, -0.15) is 0 Å². The number of rotatable bonds is 3. The van der Waals surface area contributed by atoms with Gasteiger partial charge in [0.15, 0.2) is 0 Å². The van der Waals surface area contributed by atoms with E-state index in [1.54, 1.807) is 0 Å². The highest BCUT2D eigenvalue weighted by Crippen LogP contribution is 2.32. The van der Waals surface area contributed by atoms with Crippen LogP contribution in [-0.4, -0.2) is 56.9 Å². The first-order valence-electron chi connectivity index (χ1n) is 16.9. The van der Waals surface area contributed by atoms with Crippen molar-refractivity contribution in [3.63, 3.8) is 0 Å². The van der Waals surface area contributed by atoms with Gasteiger partial charge in [-0.3, -0.25) is 9.80 Å². The molecule has 238 valence electrons. The predicted molar refractivity (Wildman–Crippen MR) is 190 cm³/mol. The quantitative estimate of drug-likeness (QED) is 0.218. The van der Waals surface area contributed by atoms with Gasteiger partial charge < -0.3 is 9.97 Å². The fourth-order valence-corrected chi connectivity index (χ4v) is 6.03. The van der Waals surface area contributed by atoms with Gasteiger partial charge in [0.05, 0.1) is 23.1 Å². The third-order valence-electron chi connectivity index (χ3n) is 8.22. The number of hydrogen-bond donors (Lipinski definition) is 2. The normalized spacial score (nSPS) is 18.0. The summed E-state index contributed by atoms with van der Waals surface area (Å²) >= 11 is 0. The summed E-state index contributed by atoms with van der Waals surface area (Å²) in [6.45, 7) is 18.5. The van der Waals surface area contributed by atoms with Gasteiger partial charge >= 0.3 is 0 Å². The van der Waals surface area contributed by atoms with Crippen LogP contribution in [0, 0.1) is 13.8 Å². The van der Waals surface area contributed by atoms with Crippen molar-refractivity contribution in [1.82, 2.24) is 29.7 Å². The number of fused-ring (bicyclic) bond motifs is 2. The Bertz CT molecular complexity index is 1560. The Morgan fingerprint density at radius 3 is 1.82 bits per heavy atom. The first kappa shape index (κ1) is 35.0. The third kappa shape index (κ3) is 8.36. The molecule has 3 aromatic carbocycles. The molecular formula is C38H56N6. The number of hydrogen-bond acceptors (Lipinski definition) is 4. The van der Waals surface area contributed by atoms with Crippen LogP contribution in [0.4, 0.5) is 0 Å². The monoisotopic (exact) mass is 596 g/mol. The molecule has 0 saturated carbocycles. The van der Waals surface area contributed by atoms with E-state index in [2.05, 4.69) is 100 Å². The van der Waals surface area contributed by atoms with E-state index >= 15 is 0 Å². The minimum atomic E-state index is 0.426. The van der Waals surface area contributed by atoms with E-state index in [-0.39, 0.29) is 0 Å². The van der Waals surface area contributed by atoms with E-state index < -0.39 is 0 Å². The summed E-state index contributed by atoms with van der Waals surface area (Å²) in [5, 5.41) is 2.58. The smallest absolute Gasteiger partial charge is 0.124 e. The van der Waals surface area contributed by atoms with Crippen LogP contribution in [-0.2, 0) is 0 Å². The topological polar surface area (TPSA) is 63.8 Å². The summed E-state index contributed by atoms with van der Waals surface area (Å²) in [5.74, 6) is 2.23. The molecule has 0 bridgehead atoms. The van der Waals surface area contributed by atoms with Crippen LogP contribution in [0.25, 0.3) is 32.9 Å². The van der Waals surface area contributed by atoms with E-state index in [4.69, 9.17) is 4.98 Å². The van der Waals surface area contributed by atoms with Crippen molar-refractivity contribution >= 4 is 21.8 Å². The van der Waals surface area contributed by atoms with E-state index in [9.17, 15) is 0 Å². The fourth-order valence-electron chi connectivity index (χ4n) is 6.03. The Balaban J connectivity index is 0.000000247. The highest BCUT2D eigenvalue weighted by atomic mass is 15.2. The summed E-state index contributed by atoms with van der Waals surface area (Å²) in [4.78, 5) is 20.8. The minimum Gasteiger partial charge on any atom is -0.345 e. The number of aryl methyl sites for hydroxylation is 2. The van der Waals surface area contributed by atoms with Crippen molar-refractivity contribution < 1.29 is 0 Å². The van der Waals surface area contributed by atoms with Gasteiger partial charge in [-0.25, -0.2) is 9.97 Å². The second kappa shape index (κ2) is 17.1. The number of likely N-dealkylation sites (tertiary alicyclic amines) is 2. The lowest BCUT2D eigenvalue weighted by molar-refractivity contribution is 0.307. The molecule has 6 heteroatoms. The Hall–Kier alpha value is -3.48. The van der Waals surface area contributed by atoms with Gasteiger partial charge in [0.25, 0.3) is 0 Å². The number of H-pyrrole nitrogens is 2. The number of nitrogens with one attached hydrogen (secondary N) is 2. The Labute approximate surface area is 266 Å². The standard InChI is InChI=1S/C23H23N3.C9H15N3.3C2H6/c1-15-5-6-17-13-18(8-7-16(17)12-15)19-9-10-20-21(14-19)25-23(24-20)22-4-3-11-26(22)2;1-7-6-10-9(11-7)8-4-3-5-12(8)2;3*1-2/h5-10,12-14,22H,3-4,11H2,1-2H3,(H,24,25);6,8H,3-5H2,1-2H3,(H,10,11);3*1-2H3. The van der Waals surface area contributed by atoms with Crippen molar-refractivity contribution in [2.75, 3.05) is 27.2 Å². The molecule has 7 rings (SSSR count). The molecule has 0 amide bonds. The Morgan fingerprint density at radius 1 is 0.659 bits per heavy atom. The molecule has 5 aromatic rings. The average Bonchev–Trinajstić information content (AvgIpc) is 3.87. The molecule has 2 fully saturated rings. The molecule has 0 aliphatic carbocycles. The second-order valence-electron chi connectivity index (χ2n) is 11.1. The summed E-state index contributed by atoms with van der Waals surface area (Å²) in [6, 6.07) is 20.8. The van der Waals surface area contributed by atoms with Crippen LogP contribution in [0.1, 0.15) is 102 Å². The maximum atomic E-state index is 4.84. The zero-order valence-electron chi connectivity index (χ0n) is 29.0. The lowest BCUT2D eigenvalue weighted by Gasteiger charge is -2.16. The highest BCUT2D eigenvalue weighted by molar-refractivity contribution is 5.89. The van der Waals surface area contributed by atoms with Crippen LogP contribution >= 0.6 is 0 Å². The molecular weight excluding hydrogens is 540 g/mol. The summed E-state index contributed by atoms with van der Waals surface area (Å²) < 4.78 is 0. The van der Waals surface area contributed by atoms with Crippen LogP contribution in [0.15, 0.2) is 60.8 Å². The average molecular weight is 597 g/mol. The van der Waals surface area contributed by atoms with Crippen molar-refractivity contribution in [3.05, 3.63) is 83.7 Å². The number of aromatic amines is 2. The van der Waals surface area contributed by atoms with Gasteiger partial charge in [-0.05, 0) is 107 Å². The SMILES string of the molecule is CC.CC.CC.Cc1ccc2cc(-c3ccc4nc(C5CCCN5C)[nH]c4c3)ccc2c1.Cc1cnc(C2CCCN2C)[nH]1. The second-order valence-corrected chi connectivity index (χ2v) is 11.1. The molecule has 4 heterocycles. The number of imidazole rings is 2. The van der Waals surface area contributed by atoms with E-state index in [1.807, 2.05) is 54.7 Å². The van der Waals surface area contributed by atoms with Crippen LogP contribution in [0.5, 0.6) is 0 Å².